The van der Waals surface area contributed by atoms with E-state index in [1.807, 2.05) is 29.2 Å². The fourth-order valence-corrected chi connectivity index (χ4v) is 8.19. The van der Waals surface area contributed by atoms with Gasteiger partial charge >= 0.3 is 0 Å². The number of pyridine rings is 1. The van der Waals surface area contributed by atoms with Crippen molar-refractivity contribution in [1.82, 2.24) is 39.5 Å². The van der Waals surface area contributed by atoms with Gasteiger partial charge in [-0.15, -0.1) is 0 Å². The first-order valence-electron chi connectivity index (χ1n) is 20.0. The number of fused-ring (bicyclic) bond motifs is 1. The molecule has 3 aromatic carbocycles. The molecular weight excluding hydrogens is 790 g/mol. The van der Waals surface area contributed by atoms with Crippen molar-refractivity contribution in [3.8, 4) is 17.1 Å². The first-order valence-corrected chi connectivity index (χ1v) is 20.0. The lowest BCUT2D eigenvalue weighted by Crippen LogP contribution is -2.46. The number of aliphatic hydroxyl groups is 1. The first kappa shape index (κ1) is 39.9. The lowest BCUT2D eigenvalue weighted by Gasteiger charge is -2.36. The van der Waals surface area contributed by atoms with Crippen molar-refractivity contribution in [2.45, 2.75) is 39.0 Å². The van der Waals surface area contributed by atoms with E-state index in [9.17, 15) is 19.1 Å². The van der Waals surface area contributed by atoms with Gasteiger partial charge in [-0.1, -0.05) is 6.07 Å². The summed E-state index contributed by atoms with van der Waals surface area (Å²) in [7, 11) is 1.56. The van der Waals surface area contributed by atoms with Crippen molar-refractivity contribution in [3.05, 3.63) is 123 Å². The van der Waals surface area contributed by atoms with Crippen LogP contribution in [0.1, 0.15) is 41.0 Å². The van der Waals surface area contributed by atoms with E-state index in [4.69, 9.17) is 9.72 Å². The number of hydrogen-bond donors (Lipinski definition) is 4. The Morgan fingerprint density at radius 3 is 2.43 bits per heavy atom. The van der Waals surface area contributed by atoms with E-state index >= 15 is 8.78 Å². The summed E-state index contributed by atoms with van der Waals surface area (Å²) in [4.78, 5) is 47.2. The summed E-state index contributed by atoms with van der Waals surface area (Å²) < 4.78 is 54.2. The summed E-state index contributed by atoms with van der Waals surface area (Å²) >= 11 is 0. The number of carbonyl (C=O) groups is 1. The van der Waals surface area contributed by atoms with Crippen molar-refractivity contribution in [2.75, 3.05) is 56.7 Å². The number of aromatic amines is 1. The Morgan fingerprint density at radius 2 is 1.70 bits per heavy atom. The highest BCUT2D eigenvalue weighted by Crippen LogP contribution is 2.36. The third kappa shape index (κ3) is 7.60. The quantitative estimate of drug-likeness (QED) is 0.126. The normalized spacial score (nSPS) is 14.8. The average molecular weight is 833 g/mol. The highest BCUT2D eigenvalue weighted by molar-refractivity contribution is 6.10. The molecule has 6 heterocycles. The second-order valence-corrected chi connectivity index (χ2v) is 15.8. The van der Waals surface area contributed by atoms with Crippen LogP contribution >= 0.6 is 0 Å². The Bertz CT molecular complexity index is 2850. The SMILES string of the molecule is COCCn1c(=O)c2cnc(Nc3ccc(N4CCN(Cc5c(F)cc(-c6[nH]c7cc(F)cc8c7c6CCNC8=O)cc5F)CC4)cc3)nc2n1-c1cccc(C(C)(C)O)n1. The van der Waals surface area contributed by atoms with E-state index in [-0.39, 0.29) is 48.2 Å². The van der Waals surface area contributed by atoms with E-state index in [1.54, 1.807) is 43.8 Å². The predicted octanol–water partition coefficient (Wildman–Crippen LogP) is 5.77. The van der Waals surface area contributed by atoms with Gasteiger partial charge in [-0.2, -0.15) is 4.98 Å². The third-order valence-corrected chi connectivity index (χ3v) is 11.3. The number of aromatic nitrogens is 6. The molecule has 0 saturated carbocycles. The molecule has 61 heavy (non-hydrogen) atoms. The van der Waals surface area contributed by atoms with Crippen LogP contribution in [0.2, 0.25) is 0 Å². The molecule has 0 unspecified atom stereocenters. The van der Waals surface area contributed by atoms with Gasteiger partial charge in [-0.05, 0) is 86.5 Å². The molecule has 7 aromatic rings. The number of rotatable bonds is 11. The lowest BCUT2D eigenvalue weighted by molar-refractivity contribution is 0.0737. The number of halogens is 3. The van der Waals surface area contributed by atoms with Gasteiger partial charge in [0, 0.05) is 91.7 Å². The van der Waals surface area contributed by atoms with Crippen LogP contribution in [0.15, 0.2) is 77.7 Å². The zero-order valence-corrected chi connectivity index (χ0v) is 33.7. The molecule has 0 aliphatic carbocycles. The van der Waals surface area contributed by atoms with Crippen LogP contribution in [0, 0.1) is 17.5 Å². The van der Waals surface area contributed by atoms with Gasteiger partial charge in [0.1, 0.15) is 28.4 Å². The fraction of sp³-hybridized carbons (Fsp3) is 0.295. The smallest absolute Gasteiger partial charge is 0.278 e. The van der Waals surface area contributed by atoms with E-state index in [0.717, 1.165) is 11.4 Å². The van der Waals surface area contributed by atoms with Gasteiger partial charge in [-0.25, -0.2) is 32.5 Å². The molecule has 0 atom stereocenters. The number of nitrogens with one attached hydrogen (secondary N) is 3. The maximum atomic E-state index is 15.7. The Kier molecular flexibility index (Phi) is 10.3. The van der Waals surface area contributed by atoms with E-state index in [0.29, 0.717) is 89.4 Å². The largest absolute Gasteiger partial charge is 0.384 e. The van der Waals surface area contributed by atoms with Gasteiger partial charge in [0.05, 0.1) is 24.4 Å². The van der Waals surface area contributed by atoms with E-state index in [2.05, 4.69) is 30.5 Å². The summed E-state index contributed by atoms with van der Waals surface area (Å²) in [6.07, 6.45) is 1.90. The maximum Gasteiger partial charge on any atom is 0.278 e. The van der Waals surface area contributed by atoms with Crippen LogP contribution in [0.5, 0.6) is 0 Å². The second kappa shape index (κ2) is 15.8. The Labute approximate surface area is 347 Å². The van der Waals surface area contributed by atoms with Crippen molar-refractivity contribution < 1.29 is 27.8 Å². The Hall–Kier alpha value is -6.56. The standard InChI is InChI=1S/C44H43F3N10O4/c1-44(2,60)36-5-4-6-37(52-36)57-40-31(42(59)56(57)17-18-61-3)23-49-43(53-40)50-27-7-9-28(10-8-27)55-15-13-54(14-16-55)24-32-33(46)19-25(20-34(32)47)39-29-11-12-48-41(58)30-21-26(45)22-35(51-39)38(29)30/h4-10,19-23,51,60H,11-18,24H2,1-3H3,(H,48,58)(H,49,50,53). The molecule has 14 nitrogen and oxygen atoms in total. The molecule has 314 valence electrons. The fourth-order valence-electron chi connectivity index (χ4n) is 8.19. The van der Waals surface area contributed by atoms with Crippen LogP contribution in [0.3, 0.4) is 0 Å². The molecule has 4 aromatic heterocycles. The maximum absolute atomic E-state index is 15.7. The van der Waals surface area contributed by atoms with Crippen LogP contribution < -0.4 is 21.1 Å². The summed E-state index contributed by atoms with van der Waals surface area (Å²) in [6, 6.07) is 18.1. The number of hydrogen-bond acceptors (Lipinski definition) is 10. The third-order valence-electron chi connectivity index (χ3n) is 11.3. The topological polar surface area (TPSA) is 158 Å². The summed E-state index contributed by atoms with van der Waals surface area (Å²) in [6.45, 7) is 6.63. The van der Waals surface area contributed by atoms with Gasteiger partial charge < -0.3 is 30.4 Å². The number of amides is 1. The van der Waals surface area contributed by atoms with Crippen molar-refractivity contribution in [3.63, 3.8) is 0 Å². The van der Waals surface area contributed by atoms with Gasteiger partial charge in [0.15, 0.2) is 11.5 Å². The molecule has 0 bridgehead atoms. The monoisotopic (exact) mass is 832 g/mol. The molecule has 0 radical (unpaired) electrons. The second-order valence-electron chi connectivity index (χ2n) is 15.8. The van der Waals surface area contributed by atoms with Gasteiger partial charge in [0.2, 0.25) is 5.95 Å². The molecule has 17 heteroatoms. The van der Waals surface area contributed by atoms with Crippen LogP contribution in [0.4, 0.5) is 30.5 Å². The zero-order chi connectivity index (χ0) is 42.6. The molecule has 0 spiro atoms. The number of anilines is 3. The molecule has 2 aliphatic heterocycles. The minimum absolute atomic E-state index is 0.0268. The Balaban J connectivity index is 0.877. The number of carbonyl (C=O) groups excluding carboxylic acids is 1. The minimum Gasteiger partial charge on any atom is -0.384 e. The van der Waals surface area contributed by atoms with E-state index in [1.165, 1.54) is 35.1 Å². The van der Waals surface area contributed by atoms with Crippen molar-refractivity contribution in [2.24, 2.45) is 0 Å². The van der Waals surface area contributed by atoms with Crippen LogP contribution in [-0.2, 0) is 29.8 Å². The summed E-state index contributed by atoms with van der Waals surface area (Å²) in [5.74, 6) is -1.64. The molecule has 9 rings (SSSR count). The minimum atomic E-state index is -1.21. The zero-order valence-electron chi connectivity index (χ0n) is 33.7. The van der Waals surface area contributed by atoms with E-state index < -0.39 is 23.1 Å². The van der Waals surface area contributed by atoms with Crippen LogP contribution in [-0.4, -0.2) is 91.7 Å². The van der Waals surface area contributed by atoms with Crippen molar-refractivity contribution >= 4 is 45.2 Å². The number of ether oxygens (including phenoxy) is 1. The first-order chi connectivity index (χ1) is 29.4. The molecule has 2 aliphatic rings. The molecule has 1 saturated heterocycles. The van der Waals surface area contributed by atoms with Gasteiger partial charge in [0.25, 0.3) is 11.5 Å². The Morgan fingerprint density at radius 1 is 0.951 bits per heavy atom. The predicted molar refractivity (Wildman–Crippen MR) is 225 cm³/mol. The highest BCUT2D eigenvalue weighted by Gasteiger charge is 2.27. The molecule has 4 N–H and O–H groups in total. The number of H-pyrrole nitrogens is 1. The summed E-state index contributed by atoms with van der Waals surface area (Å²) in [5.41, 5.74) is 3.00. The van der Waals surface area contributed by atoms with Crippen molar-refractivity contribution in [1.29, 1.82) is 0 Å². The average Bonchev–Trinajstić information content (AvgIpc) is 3.68. The van der Waals surface area contributed by atoms with Gasteiger partial charge in [-0.3, -0.25) is 14.5 Å². The summed E-state index contributed by atoms with van der Waals surface area (Å²) in [5, 5.41) is 17.5. The number of nitrogens with zero attached hydrogens (tertiary/aromatic N) is 7. The highest BCUT2D eigenvalue weighted by atomic mass is 19.1. The number of benzene rings is 3. The molecule has 1 amide bonds. The number of piperazine rings is 1. The molecule has 1 fully saturated rings. The lowest BCUT2D eigenvalue weighted by atomic mass is 9.99. The molecular formula is C44H43F3N10O4. The number of methoxy groups -OCH3 is 1. The van der Waals surface area contributed by atoms with Crippen LogP contribution in [0.25, 0.3) is 39.0 Å².